The van der Waals surface area contributed by atoms with E-state index in [2.05, 4.69) is 16.7 Å². The number of nitrogens with zero attached hydrogens (tertiary/aromatic N) is 1. The molecule has 1 atom stereocenters. The van der Waals surface area contributed by atoms with Gasteiger partial charge < -0.3 is 15.6 Å². The maximum atomic E-state index is 9.02. The summed E-state index contributed by atoms with van der Waals surface area (Å²) in [5.41, 5.74) is 6.25. The summed E-state index contributed by atoms with van der Waals surface area (Å²) >= 11 is 0. The van der Waals surface area contributed by atoms with E-state index in [-0.39, 0.29) is 12.6 Å². The number of hydrogen-bond donors (Lipinski definition) is 2. The van der Waals surface area contributed by atoms with Crippen LogP contribution in [0.15, 0.2) is 24.3 Å². The molecule has 1 aromatic carbocycles. The number of aliphatic hydroxyl groups excluding tert-OH is 1. The average Bonchev–Trinajstić information content (AvgIpc) is 2.45. The zero-order valence-corrected chi connectivity index (χ0v) is 11.6. The third-order valence-electron chi connectivity index (χ3n) is 2.92. The number of benzene rings is 1. The highest BCUT2D eigenvalue weighted by Gasteiger charge is 2.06. The first-order valence-electron chi connectivity index (χ1n) is 6.40. The molecule has 0 fully saturated rings. The van der Waals surface area contributed by atoms with E-state index in [4.69, 9.17) is 15.6 Å². The van der Waals surface area contributed by atoms with Crippen molar-refractivity contribution < 1.29 is 9.84 Å². The molecule has 0 saturated carbocycles. The minimum absolute atomic E-state index is 0.150. The van der Waals surface area contributed by atoms with Gasteiger partial charge in [-0.05, 0) is 38.2 Å². The molecule has 0 aliphatic carbocycles. The third-order valence-corrected chi connectivity index (χ3v) is 2.92. The lowest BCUT2D eigenvalue weighted by Gasteiger charge is -2.22. The molecule has 3 N–H and O–H groups in total. The van der Waals surface area contributed by atoms with Gasteiger partial charge >= 0.3 is 0 Å². The molecule has 0 heterocycles. The molecular weight excluding hydrogens is 240 g/mol. The third kappa shape index (κ3) is 5.75. The number of aliphatic hydroxyl groups is 1. The van der Waals surface area contributed by atoms with E-state index in [1.807, 2.05) is 38.2 Å². The second-order valence-corrected chi connectivity index (χ2v) is 4.39. The Balaban J connectivity index is 2.38. The van der Waals surface area contributed by atoms with Gasteiger partial charge in [0.15, 0.2) is 0 Å². The SMILES string of the molecule is CC(CO)N(C)CCOc1ccc(C#CCN)cc1. The maximum Gasteiger partial charge on any atom is 0.119 e. The zero-order chi connectivity index (χ0) is 14.1. The zero-order valence-electron chi connectivity index (χ0n) is 11.6. The van der Waals surface area contributed by atoms with Crippen LogP contribution >= 0.6 is 0 Å². The topological polar surface area (TPSA) is 58.7 Å². The molecule has 104 valence electrons. The Hall–Kier alpha value is -1.54. The number of ether oxygens (including phenoxy) is 1. The first kappa shape index (κ1) is 15.5. The first-order valence-corrected chi connectivity index (χ1v) is 6.40. The van der Waals surface area contributed by atoms with Crippen LogP contribution in [0.25, 0.3) is 0 Å². The van der Waals surface area contributed by atoms with Crippen molar-refractivity contribution in [2.75, 3.05) is 33.4 Å². The van der Waals surface area contributed by atoms with Gasteiger partial charge in [-0.1, -0.05) is 11.8 Å². The Labute approximate surface area is 115 Å². The van der Waals surface area contributed by atoms with Crippen molar-refractivity contribution in [2.45, 2.75) is 13.0 Å². The van der Waals surface area contributed by atoms with E-state index in [0.29, 0.717) is 13.2 Å². The van der Waals surface area contributed by atoms with Gasteiger partial charge in [-0.2, -0.15) is 0 Å². The van der Waals surface area contributed by atoms with Gasteiger partial charge in [0.25, 0.3) is 0 Å². The molecule has 1 unspecified atom stereocenters. The van der Waals surface area contributed by atoms with Crippen LogP contribution in [0.5, 0.6) is 5.75 Å². The van der Waals surface area contributed by atoms with Gasteiger partial charge in [-0.25, -0.2) is 0 Å². The van der Waals surface area contributed by atoms with E-state index >= 15 is 0 Å². The van der Waals surface area contributed by atoms with Crippen molar-refractivity contribution >= 4 is 0 Å². The summed E-state index contributed by atoms with van der Waals surface area (Å²) in [4.78, 5) is 2.06. The molecule has 0 amide bonds. The summed E-state index contributed by atoms with van der Waals surface area (Å²) in [6, 6.07) is 7.78. The van der Waals surface area contributed by atoms with Crippen LogP contribution in [0, 0.1) is 11.8 Å². The van der Waals surface area contributed by atoms with Crippen LogP contribution < -0.4 is 10.5 Å². The summed E-state index contributed by atoms with van der Waals surface area (Å²) < 4.78 is 5.63. The molecule has 0 spiro atoms. The normalized spacial score (nSPS) is 11.8. The Bertz CT molecular complexity index is 420. The number of likely N-dealkylation sites (N-methyl/N-ethyl adjacent to an activating group) is 1. The summed E-state index contributed by atoms with van der Waals surface area (Å²) in [7, 11) is 1.97. The minimum atomic E-state index is 0.150. The lowest BCUT2D eigenvalue weighted by molar-refractivity contribution is 0.140. The molecule has 0 bridgehead atoms. The average molecular weight is 262 g/mol. The molecule has 0 saturated heterocycles. The van der Waals surface area contributed by atoms with Crippen LogP contribution in [0.2, 0.25) is 0 Å². The van der Waals surface area contributed by atoms with E-state index in [1.165, 1.54) is 0 Å². The van der Waals surface area contributed by atoms with Crippen LogP contribution in [0.4, 0.5) is 0 Å². The quantitative estimate of drug-likeness (QED) is 0.741. The Morgan fingerprint density at radius 1 is 1.37 bits per heavy atom. The van der Waals surface area contributed by atoms with Crippen LogP contribution in [0.3, 0.4) is 0 Å². The lowest BCUT2D eigenvalue weighted by atomic mass is 10.2. The Morgan fingerprint density at radius 3 is 2.63 bits per heavy atom. The Morgan fingerprint density at radius 2 is 2.05 bits per heavy atom. The van der Waals surface area contributed by atoms with Gasteiger partial charge in [0, 0.05) is 18.2 Å². The predicted octanol–water partition coefficient (Wildman–Crippen LogP) is 0.688. The molecule has 19 heavy (non-hydrogen) atoms. The second kappa shape index (κ2) is 8.54. The van der Waals surface area contributed by atoms with Gasteiger partial charge in [0.05, 0.1) is 13.2 Å². The lowest BCUT2D eigenvalue weighted by Crippen LogP contribution is -2.35. The highest BCUT2D eigenvalue weighted by molar-refractivity contribution is 5.38. The molecule has 4 heteroatoms. The monoisotopic (exact) mass is 262 g/mol. The molecule has 0 aliphatic heterocycles. The fourth-order valence-electron chi connectivity index (χ4n) is 1.45. The summed E-state index contributed by atoms with van der Waals surface area (Å²) in [6.45, 7) is 3.87. The van der Waals surface area contributed by atoms with Gasteiger partial charge in [-0.3, -0.25) is 4.90 Å². The van der Waals surface area contributed by atoms with Gasteiger partial charge in [0.1, 0.15) is 12.4 Å². The predicted molar refractivity (Wildman–Crippen MR) is 77.0 cm³/mol. The smallest absolute Gasteiger partial charge is 0.119 e. The number of rotatable bonds is 6. The van der Waals surface area contributed by atoms with Crippen LogP contribution in [0.1, 0.15) is 12.5 Å². The highest BCUT2D eigenvalue weighted by atomic mass is 16.5. The molecule has 4 nitrogen and oxygen atoms in total. The Kier molecular flexibility index (Phi) is 6.98. The fourth-order valence-corrected chi connectivity index (χ4v) is 1.45. The van der Waals surface area contributed by atoms with Crippen molar-refractivity contribution in [3.8, 4) is 17.6 Å². The molecule has 1 aromatic rings. The van der Waals surface area contributed by atoms with E-state index in [9.17, 15) is 0 Å². The summed E-state index contributed by atoms with van der Waals surface area (Å²) in [5.74, 6) is 6.59. The van der Waals surface area contributed by atoms with Crippen molar-refractivity contribution in [1.29, 1.82) is 0 Å². The van der Waals surface area contributed by atoms with Crippen LogP contribution in [-0.4, -0.2) is 49.4 Å². The first-order chi connectivity index (χ1) is 9.17. The fraction of sp³-hybridized carbons (Fsp3) is 0.467. The number of nitrogens with two attached hydrogens (primary N) is 1. The van der Waals surface area contributed by atoms with Crippen molar-refractivity contribution in [3.63, 3.8) is 0 Å². The molecule has 0 aliphatic rings. The van der Waals surface area contributed by atoms with Crippen molar-refractivity contribution in [2.24, 2.45) is 5.73 Å². The van der Waals surface area contributed by atoms with E-state index in [1.54, 1.807) is 0 Å². The van der Waals surface area contributed by atoms with E-state index in [0.717, 1.165) is 17.9 Å². The standard InChI is InChI=1S/C15H22N2O2/c1-13(12-18)17(2)10-11-19-15-7-5-14(6-8-15)4-3-9-16/h5-8,13,18H,9-12,16H2,1-2H3. The molecule has 0 aromatic heterocycles. The molecule has 1 rings (SSSR count). The van der Waals surface area contributed by atoms with Gasteiger partial charge in [-0.15, -0.1) is 0 Å². The van der Waals surface area contributed by atoms with Gasteiger partial charge in [0.2, 0.25) is 0 Å². The highest BCUT2D eigenvalue weighted by Crippen LogP contribution is 2.11. The molecular formula is C15H22N2O2. The number of hydrogen-bond acceptors (Lipinski definition) is 4. The second-order valence-electron chi connectivity index (χ2n) is 4.39. The van der Waals surface area contributed by atoms with Crippen molar-refractivity contribution in [3.05, 3.63) is 29.8 Å². The minimum Gasteiger partial charge on any atom is -0.492 e. The van der Waals surface area contributed by atoms with Crippen molar-refractivity contribution in [1.82, 2.24) is 4.90 Å². The van der Waals surface area contributed by atoms with E-state index < -0.39 is 0 Å². The summed E-state index contributed by atoms with van der Waals surface area (Å²) in [6.07, 6.45) is 0. The largest absolute Gasteiger partial charge is 0.492 e. The van der Waals surface area contributed by atoms with Crippen LogP contribution in [-0.2, 0) is 0 Å². The maximum absolute atomic E-state index is 9.02. The molecule has 0 radical (unpaired) electrons. The summed E-state index contributed by atoms with van der Waals surface area (Å²) in [5, 5.41) is 9.02.